The second-order valence-corrected chi connectivity index (χ2v) is 7.05. The third-order valence-corrected chi connectivity index (χ3v) is 5.41. The molecule has 21 heavy (non-hydrogen) atoms. The van der Waals surface area contributed by atoms with Gasteiger partial charge in [-0.15, -0.1) is 21.5 Å². The summed E-state index contributed by atoms with van der Waals surface area (Å²) in [5, 5.41) is 12.0. The van der Waals surface area contributed by atoms with Gasteiger partial charge in [-0.05, 0) is 29.9 Å². The third-order valence-electron chi connectivity index (χ3n) is 3.53. The largest absolute Gasteiger partial charge is 0.298 e. The molecule has 4 rings (SSSR count). The lowest BCUT2D eigenvalue weighted by atomic mass is 10.2. The van der Waals surface area contributed by atoms with E-state index in [9.17, 15) is 0 Å². The van der Waals surface area contributed by atoms with Gasteiger partial charge in [-0.3, -0.25) is 4.57 Å². The minimum Gasteiger partial charge on any atom is -0.298 e. The van der Waals surface area contributed by atoms with E-state index in [2.05, 4.69) is 62.6 Å². The van der Waals surface area contributed by atoms with Crippen LogP contribution in [0.5, 0.6) is 0 Å². The Morgan fingerprint density at radius 1 is 1.10 bits per heavy atom. The van der Waals surface area contributed by atoms with E-state index in [0.29, 0.717) is 6.04 Å². The van der Waals surface area contributed by atoms with Crippen molar-refractivity contribution in [3.05, 3.63) is 53.4 Å². The molecule has 3 aromatic rings. The molecule has 2 aromatic heterocycles. The van der Waals surface area contributed by atoms with Gasteiger partial charge in [0.15, 0.2) is 11.0 Å². The maximum Gasteiger partial charge on any atom is 0.192 e. The number of thioether (sulfide) groups is 1. The van der Waals surface area contributed by atoms with E-state index in [1.807, 2.05) is 0 Å². The van der Waals surface area contributed by atoms with Crippen molar-refractivity contribution in [1.82, 2.24) is 14.8 Å². The van der Waals surface area contributed by atoms with E-state index in [0.717, 1.165) is 16.7 Å². The number of rotatable bonds is 5. The second-order valence-electron chi connectivity index (χ2n) is 5.16. The van der Waals surface area contributed by atoms with Crippen LogP contribution < -0.4 is 0 Å². The number of benzene rings is 1. The molecule has 2 heterocycles. The van der Waals surface area contributed by atoms with Crippen molar-refractivity contribution in [2.24, 2.45) is 0 Å². The van der Waals surface area contributed by atoms with Crippen LogP contribution in [0, 0.1) is 0 Å². The predicted octanol–water partition coefficient (Wildman–Crippen LogP) is 4.63. The summed E-state index contributed by atoms with van der Waals surface area (Å²) in [5.41, 5.74) is 1.32. The SMILES string of the molecule is c1ccc(CSc2nnc(-c3cccs3)n2C2CC2)cc1. The first-order valence-electron chi connectivity index (χ1n) is 7.07. The Kier molecular flexibility index (Phi) is 3.53. The van der Waals surface area contributed by atoms with Crippen LogP contribution in [0.25, 0.3) is 10.7 Å². The minimum absolute atomic E-state index is 0.593. The number of aromatic nitrogens is 3. The lowest BCUT2D eigenvalue weighted by Gasteiger charge is -2.07. The summed E-state index contributed by atoms with van der Waals surface area (Å²) in [6, 6.07) is 15.3. The van der Waals surface area contributed by atoms with Crippen molar-refractivity contribution < 1.29 is 0 Å². The maximum absolute atomic E-state index is 4.43. The molecular formula is C16H15N3S2. The molecule has 1 aliphatic rings. The molecule has 1 aromatic carbocycles. The Hall–Kier alpha value is -1.59. The summed E-state index contributed by atoms with van der Waals surface area (Å²) in [6.45, 7) is 0. The van der Waals surface area contributed by atoms with Crippen molar-refractivity contribution >= 4 is 23.1 Å². The molecule has 0 atom stereocenters. The van der Waals surface area contributed by atoms with Crippen molar-refractivity contribution in [3.8, 4) is 10.7 Å². The summed E-state index contributed by atoms with van der Waals surface area (Å²) in [6.07, 6.45) is 2.49. The normalized spacial score (nSPS) is 14.5. The highest BCUT2D eigenvalue weighted by Gasteiger charge is 2.30. The standard InChI is InChI=1S/C16H15N3S2/c1-2-5-12(6-3-1)11-21-16-18-17-15(14-7-4-10-20-14)19(16)13-8-9-13/h1-7,10,13H,8-9,11H2. The highest BCUT2D eigenvalue weighted by atomic mass is 32.2. The number of hydrogen-bond acceptors (Lipinski definition) is 4. The molecule has 0 bridgehead atoms. The van der Waals surface area contributed by atoms with Gasteiger partial charge in [-0.25, -0.2) is 0 Å². The molecular weight excluding hydrogens is 298 g/mol. The number of nitrogens with zero attached hydrogens (tertiary/aromatic N) is 3. The molecule has 0 unspecified atom stereocenters. The summed E-state index contributed by atoms with van der Waals surface area (Å²) in [7, 11) is 0. The van der Waals surface area contributed by atoms with Gasteiger partial charge in [-0.1, -0.05) is 48.2 Å². The van der Waals surface area contributed by atoms with Crippen LogP contribution in [0.15, 0.2) is 53.0 Å². The van der Waals surface area contributed by atoms with E-state index < -0.39 is 0 Å². The van der Waals surface area contributed by atoms with Gasteiger partial charge in [0.25, 0.3) is 0 Å². The maximum atomic E-state index is 4.43. The smallest absolute Gasteiger partial charge is 0.192 e. The van der Waals surface area contributed by atoms with Gasteiger partial charge < -0.3 is 0 Å². The zero-order chi connectivity index (χ0) is 14.1. The van der Waals surface area contributed by atoms with Gasteiger partial charge >= 0.3 is 0 Å². The average Bonchev–Trinajstić information content (AvgIpc) is 3.05. The molecule has 1 fully saturated rings. The van der Waals surface area contributed by atoms with Gasteiger partial charge in [-0.2, -0.15) is 0 Å². The van der Waals surface area contributed by atoms with E-state index in [-0.39, 0.29) is 0 Å². The molecule has 0 amide bonds. The molecule has 0 aliphatic heterocycles. The molecule has 0 N–H and O–H groups in total. The fraction of sp³-hybridized carbons (Fsp3) is 0.250. The van der Waals surface area contributed by atoms with Crippen molar-refractivity contribution in [1.29, 1.82) is 0 Å². The van der Waals surface area contributed by atoms with Crippen LogP contribution in [-0.2, 0) is 5.75 Å². The lowest BCUT2D eigenvalue weighted by molar-refractivity contribution is 0.670. The average molecular weight is 313 g/mol. The van der Waals surface area contributed by atoms with Crippen LogP contribution in [0.2, 0.25) is 0 Å². The van der Waals surface area contributed by atoms with E-state index in [1.54, 1.807) is 23.1 Å². The van der Waals surface area contributed by atoms with Crippen LogP contribution in [-0.4, -0.2) is 14.8 Å². The monoisotopic (exact) mass is 313 g/mol. The summed E-state index contributed by atoms with van der Waals surface area (Å²) < 4.78 is 2.33. The van der Waals surface area contributed by atoms with Crippen molar-refractivity contribution in [2.75, 3.05) is 0 Å². The Morgan fingerprint density at radius 3 is 2.67 bits per heavy atom. The van der Waals surface area contributed by atoms with Gasteiger partial charge in [0.05, 0.1) is 4.88 Å². The van der Waals surface area contributed by atoms with Crippen molar-refractivity contribution in [2.45, 2.75) is 29.8 Å². The molecule has 3 nitrogen and oxygen atoms in total. The second kappa shape index (κ2) is 5.66. The molecule has 1 saturated carbocycles. The Bertz CT molecular complexity index is 715. The van der Waals surface area contributed by atoms with Gasteiger partial charge in [0.2, 0.25) is 0 Å². The van der Waals surface area contributed by atoms with Crippen LogP contribution in [0.3, 0.4) is 0 Å². The highest BCUT2D eigenvalue weighted by Crippen LogP contribution is 2.42. The predicted molar refractivity (Wildman–Crippen MR) is 87.6 cm³/mol. The highest BCUT2D eigenvalue weighted by molar-refractivity contribution is 7.98. The zero-order valence-corrected chi connectivity index (χ0v) is 13.1. The van der Waals surface area contributed by atoms with Crippen LogP contribution in [0.1, 0.15) is 24.4 Å². The lowest BCUT2D eigenvalue weighted by Crippen LogP contribution is -1.98. The minimum atomic E-state index is 0.593. The first-order chi connectivity index (χ1) is 10.4. The first kappa shape index (κ1) is 13.1. The van der Waals surface area contributed by atoms with Crippen LogP contribution >= 0.6 is 23.1 Å². The van der Waals surface area contributed by atoms with Crippen molar-refractivity contribution in [3.63, 3.8) is 0 Å². The van der Waals surface area contributed by atoms with E-state index >= 15 is 0 Å². The third kappa shape index (κ3) is 2.76. The Balaban J connectivity index is 1.60. The van der Waals surface area contributed by atoms with Crippen LogP contribution in [0.4, 0.5) is 0 Å². The Labute approximate surface area is 132 Å². The molecule has 5 heteroatoms. The zero-order valence-electron chi connectivity index (χ0n) is 11.5. The van der Waals surface area contributed by atoms with Gasteiger partial charge in [0.1, 0.15) is 0 Å². The fourth-order valence-electron chi connectivity index (χ4n) is 2.33. The summed E-state index contributed by atoms with van der Waals surface area (Å²) in [5.74, 6) is 1.97. The van der Waals surface area contributed by atoms with E-state index in [1.165, 1.54) is 23.3 Å². The number of hydrogen-bond donors (Lipinski definition) is 0. The first-order valence-corrected chi connectivity index (χ1v) is 8.94. The molecule has 0 spiro atoms. The molecule has 106 valence electrons. The summed E-state index contributed by atoms with van der Waals surface area (Å²) >= 11 is 3.51. The fourth-order valence-corrected chi connectivity index (χ4v) is 4.00. The molecule has 0 saturated heterocycles. The van der Waals surface area contributed by atoms with Gasteiger partial charge in [0, 0.05) is 11.8 Å². The quantitative estimate of drug-likeness (QED) is 0.643. The Morgan fingerprint density at radius 2 is 1.95 bits per heavy atom. The summed E-state index contributed by atoms with van der Waals surface area (Å²) in [4.78, 5) is 1.21. The molecule has 1 aliphatic carbocycles. The number of thiophene rings is 1. The topological polar surface area (TPSA) is 30.7 Å². The van der Waals surface area contributed by atoms with E-state index in [4.69, 9.17) is 0 Å². The molecule has 0 radical (unpaired) electrons.